The number of rotatable bonds is 7. The first-order chi connectivity index (χ1) is 20.0. The molecule has 0 spiro atoms. The maximum atomic E-state index is 13.7. The molecule has 2 aromatic carbocycles. The summed E-state index contributed by atoms with van der Waals surface area (Å²) in [7, 11) is 1.34. The Morgan fingerprint density at radius 2 is 1.79 bits per heavy atom. The van der Waals surface area contributed by atoms with E-state index in [-0.39, 0.29) is 47.2 Å². The predicted molar refractivity (Wildman–Crippen MR) is 150 cm³/mol. The zero-order valence-electron chi connectivity index (χ0n) is 22.9. The normalized spacial score (nSPS) is 16.0. The number of nitrogens with zero attached hydrogens (tertiary/aromatic N) is 4. The molecule has 2 atom stereocenters. The van der Waals surface area contributed by atoms with Gasteiger partial charge in [-0.15, -0.1) is 0 Å². The fourth-order valence-electron chi connectivity index (χ4n) is 5.11. The van der Waals surface area contributed by atoms with Gasteiger partial charge in [0.2, 0.25) is 5.89 Å². The van der Waals surface area contributed by atoms with Crippen LogP contribution < -0.4 is 10.5 Å². The molecule has 0 radical (unpaired) electrons. The number of alkyl halides is 3. The number of aliphatic hydroxyl groups is 1. The molecule has 222 valence electrons. The van der Waals surface area contributed by atoms with Crippen LogP contribution in [0.1, 0.15) is 46.5 Å². The van der Waals surface area contributed by atoms with Crippen LogP contribution in [0.15, 0.2) is 52.9 Å². The Bertz CT molecular complexity index is 1580. The van der Waals surface area contributed by atoms with Gasteiger partial charge in [-0.2, -0.15) is 13.2 Å². The Kier molecular flexibility index (Phi) is 8.42. The zero-order valence-corrected chi connectivity index (χ0v) is 23.6. The minimum Gasteiger partial charge on any atom is -0.494 e. The summed E-state index contributed by atoms with van der Waals surface area (Å²) in [5, 5.41) is 11.0. The molecule has 4 aromatic rings. The lowest BCUT2D eigenvalue weighted by molar-refractivity contribution is -0.140. The van der Waals surface area contributed by atoms with E-state index in [4.69, 9.17) is 26.5 Å². The van der Waals surface area contributed by atoms with Crippen LogP contribution in [0.25, 0.3) is 22.4 Å². The molecule has 42 heavy (non-hydrogen) atoms. The number of amides is 1. The van der Waals surface area contributed by atoms with Gasteiger partial charge in [0, 0.05) is 42.2 Å². The molecule has 0 saturated carbocycles. The largest absolute Gasteiger partial charge is 0.494 e. The third-order valence-electron chi connectivity index (χ3n) is 7.30. The summed E-state index contributed by atoms with van der Waals surface area (Å²) in [4.78, 5) is 25.7. The van der Waals surface area contributed by atoms with E-state index in [1.54, 1.807) is 30.0 Å². The number of piperazine rings is 1. The van der Waals surface area contributed by atoms with E-state index in [0.29, 0.717) is 42.2 Å². The molecule has 13 heteroatoms. The van der Waals surface area contributed by atoms with Crippen molar-refractivity contribution in [1.82, 2.24) is 19.8 Å². The van der Waals surface area contributed by atoms with Gasteiger partial charge in [0.25, 0.3) is 5.91 Å². The van der Waals surface area contributed by atoms with Crippen LogP contribution in [-0.2, 0) is 6.18 Å². The van der Waals surface area contributed by atoms with E-state index in [2.05, 4.69) is 14.9 Å². The van der Waals surface area contributed by atoms with Crippen molar-refractivity contribution < 1.29 is 32.2 Å². The molecule has 2 aromatic heterocycles. The third-order valence-corrected chi connectivity index (χ3v) is 7.55. The van der Waals surface area contributed by atoms with Crippen LogP contribution in [-0.4, -0.2) is 70.7 Å². The van der Waals surface area contributed by atoms with E-state index in [1.807, 2.05) is 12.1 Å². The molecule has 0 bridgehead atoms. The highest BCUT2D eigenvalue weighted by Crippen LogP contribution is 2.37. The lowest BCUT2D eigenvalue weighted by Gasteiger charge is -2.38. The van der Waals surface area contributed by atoms with Crippen molar-refractivity contribution in [3.05, 3.63) is 76.3 Å². The quantitative estimate of drug-likeness (QED) is 0.300. The number of benzene rings is 2. The topological polar surface area (TPSA) is 118 Å². The van der Waals surface area contributed by atoms with E-state index in [1.165, 1.54) is 19.2 Å². The minimum absolute atomic E-state index is 0.0199. The summed E-state index contributed by atoms with van der Waals surface area (Å²) >= 11 is 6.01. The van der Waals surface area contributed by atoms with Gasteiger partial charge in [0.15, 0.2) is 11.5 Å². The van der Waals surface area contributed by atoms with Crippen molar-refractivity contribution in [1.29, 1.82) is 0 Å². The molecule has 3 heterocycles. The second kappa shape index (κ2) is 11.9. The van der Waals surface area contributed by atoms with Gasteiger partial charge in [-0.05, 0) is 48.9 Å². The summed E-state index contributed by atoms with van der Waals surface area (Å²) in [6.45, 7) is 3.33. The van der Waals surface area contributed by atoms with Crippen molar-refractivity contribution in [2.75, 3.05) is 39.9 Å². The number of carbonyl (C=O) groups excluding carboxylic acids is 1. The molecule has 0 aliphatic carbocycles. The zero-order chi connectivity index (χ0) is 30.2. The average molecular weight is 604 g/mol. The number of pyridine rings is 1. The average Bonchev–Trinajstić information content (AvgIpc) is 3.43. The Balaban J connectivity index is 1.42. The van der Waals surface area contributed by atoms with E-state index in [0.717, 1.165) is 11.6 Å². The second-order valence-corrected chi connectivity index (χ2v) is 10.4. The van der Waals surface area contributed by atoms with Crippen LogP contribution in [0.4, 0.5) is 13.2 Å². The summed E-state index contributed by atoms with van der Waals surface area (Å²) in [5.74, 6) is -0.0377. The number of aliphatic hydroxyl groups excluding tert-OH is 1. The highest BCUT2D eigenvalue weighted by Gasteiger charge is 2.34. The van der Waals surface area contributed by atoms with Crippen molar-refractivity contribution in [3.8, 4) is 17.2 Å². The van der Waals surface area contributed by atoms with Crippen molar-refractivity contribution in [2.24, 2.45) is 5.73 Å². The van der Waals surface area contributed by atoms with Gasteiger partial charge in [-0.1, -0.05) is 23.7 Å². The number of oxazole rings is 1. The number of nitrogens with two attached hydrogens (primary N) is 1. The van der Waals surface area contributed by atoms with Crippen LogP contribution in [0.5, 0.6) is 5.75 Å². The molecular formula is C29H29ClF3N5O4. The first-order valence-electron chi connectivity index (χ1n) is 13.2. The molecule has 1 unspecified atom stereocenters. The molecule has 3 N–H and O–H groups in total. The fourth-order valence-corrected chi connectivity index (χ4v) is 5.24. The fraction of sp³-hybridized carbons (Fsp3) is 0.345. The van der Waals surface area contributed by atoms with Gasteiger partial charge >= 0.3 is 6.18 Å². The summed E-state index contributed by atoms with van der Waals surface area (Å²) in [6.07, 6.45) is -4.64. The van der Waals surface area contributed by atoms with E-state index < -0.39 is 17.9 Å². The molecule has 1 fully saturated rings. The molecule has 1 amide bonds. The number of hydrogen-bond acceptors (Lipinski definition) is 8. The third kappa shape index (κ3) is 5.80. The SMILES string of the molecule is COc1ccc(-c2nc(C(=O)N3CCN(C(CO)c4ccc(Cl)cc4)CC3)c([C@H](C)N)o2)c2ccc(C(F)(F)F)nc12. The Morgan fingerprint density at radius 1 is 1.10 bits per heavy atom. The number of ether oxygens (including phenoxy) is 1. The van der Waals surface area contributed by atoms with Crippen LogP contribution in [0.3, 0.4) is 0 Å². The maximum absolute atomic E-state index is 13.7. The second-order valence-electron chi connectivity index (χ2n) is 10.0. The van der Waals surface area contributed by atoms with Crippen molar-refractivity contribution >= 4 is 28.4 Å². The maximum Gasteiger partial charge on any atom is 0.433 e. The van der Waals surface area contributed by atoms with Crippen LogP contribution in [0.2, 0.25) is 5.02 Å². The standard InChI is InChI=1S/C29H29ClF3N5O4/c1-16(34)26-25(28(40)38-13-11-37(12-14-38)21(15-39)17-3-5-18(30)6-4-17)36-27(42-26)20-7-9-22(41-2)24-19(20)8-10-23(35-24)29(31,32)33/h3-10,16,21,39H,11-15,34H2,1-2H3/t16-,21?/m0/s1. The highest BCUT2D eigenvalue weighted by molar-refractivity contribution is 6.30. The summed E-state index contributed by atoms with van der Waals surface area (Å²) in [5.41, 5.74) is 6.36. The number of hydrogen-bond donors (Lipinski definition) is 2. The Morgan fingerprint density at radius 3 is 2.38 bits per heavy atom. The number of methoxy groups -OCH3 is 1. The highest BCUT2D eigenvalue weighted by atomic mass is 35.5. The van der Waals surface area contributed by atoms with Crippen LogP contribution in [0, 0.1) is 0 Å². The number of fused-ring (bicyclic) bond motifs is 1. The summed E-state index contributed by atoms with van der Waals surface area (Å²) in [6, 6.07) is 11.6. The molecule has 9 nitrogen and oxygen atoms in total. The predicted octanol–water partition coefficient (Wildman–Crippen LogP) is 5.08. The first-order valence-corrected chi connectivity index (χ1v) is 13.6. The van der Waals surface area contributed by atoms with E-state index in [9.17, 15) is 23.1 Å². The first kappa shape index (κ1) is 29.8. The smallest absolute Gasteiger partial charge is 0.433 e. The number of aromatic nitrogens is 2. The van der Waals surface area contributed by atoms with Gasteiger partial charge < -0.3 is 24.9 Å². The van der Waals surface area contributed by atoms with Gasteiger partial charge in [0.05, 0.1) is 25.8 Å². The lowest BCUT2D eigenvalue weighted by atomic mass is 10.0. The van der Waals surface area contributed by atoms with Crippen molar-refractivity contribution in [3.63, 3.8) is 0 Å². The minimum atomic E-state index is -4.64. The van der Waals surface area contributed by atoms with Crippen LogP contribution >= 0.6 is 11.6 Å². The Labute approximate surface area is 244 Å². The molecule has 1 aliphatic heterocycles. The van der Waals surface area contributed by atoms with Gasteiger partial charge in [-0.3, -0.25) is 9.69 Å². The molecule has 1 aliphatic rings. The monoisotopic (exact) mass is 603 g/mol. The lowest BCUT2D eigenvalue weighted by Crippen LogP contribution is -2.50. The molecule has 1 saturated heterocycles. The number of carbonyl (C=O) groups is 1. The van der Waals surface area contributed by atoms with Gasteiger partial charge in [-0.25, -0.2) is 9.97 Å². The molecular weight excluding hydrogens is 575 g/mol. The number of halogens is 4. The Hall–Kier alpha value is -3.71. The van der Waals surface area contributed by atoms with Gasteiger partial charge in [0.1, 0.15) is 17.0 Å². The summed E-state index contributed by atoms with van der Waals surface area (Å²) < 4.78 is 51.3. The van der Waals surface area contributed by atoms with E-state index >= 15 is 0 Å². The van der Waals surface area contributed by atoms with Crippen molar-refractivity contribution in [2.45, 2.75) is 25.2 Å². The molecule has 5 rings (SSSR count).